The van der Waals surface area contributed by atoms with Gasteiger partial charge in [0.05, 0.1) is 11.9 Å². The van der Waals surface area contributed by atoms with E-state index in [0.717, 1.165) is 16.6 Å². The van der Waals surface area contributed by atoms with Gasteiger partial charge >= 0.3 is 0 Å². The Hall–Kier alpha value is -0.870. The average molecular weight is 221 g/mol. The van der Waals surface area contributed by atoms with Crippen molar-refractivity contribution in [3.05, 3.63) is 22.5 Å². The Morgan fingerprint density at radius 3 is 3.33 bits per heavy atom. The molecule has 15 heavy (non-hydrogen) atoms. The standard InChI is InChI=1S/C11H15N3S/c1-7-2-3-9-10(4-7)15-11-13-6-8(5-12)14(9)11/h6-7H,2-5,12H2,1H3. The zero-order valence-electron chi connectivity index (χ0n) is 8.86. The third kappa shape index (κ3) is 1.32. The van der Waals surface area contributed by atoms with Crippen molar-refractivity contribution >= 4 is 16.3 Å². The van der Waals surface area contributed by atoms with Crippen LogP contribution in [0.15, 0.2) is 6.20 Å². The molecule has 4 heteroatoms. The van der Waals surface area contributed by atoms with Gasteiger partial charge in [-0.2, -0.15) is 0 Å². The van der Waals surface area contributed by atoms with Crippen LogP contribution in [0.4, 0.5) is 0 Å². The van der Waals surface area contributed by atoms with Crippen molar-refractivity contribution in [2.45, 2.75) is 32.7 Å². The van der Waals surface area contributed by atoms with E-state index in [2.05, 4.69) is 16.3 Å². The van der Waals surface area contributed by atoms with Crippen LogP contribution in [0.3, 0.4) is 0 Å². The molecule has 1 aliphatic rings. The minimum absolute atomic E-state index is 0.583. The van der Waals surface area contributed by atoms with E-state index in [1.54, 1.807) is 0 Å². The first-order valence-electron chi connectivity index (χ1n) is 5.46. The number of nitrogens with zero attached hydrogens (tertiary/aromatic N) is 2. The van der Waals surface area contributed by atoms with Gasteiger partial charge in [-0.05, 0) is 25.2 Å². The van der Waals surface area contributed by atoms with Crippen molar-refractivity contribution in [1.82, 2.24) is 9.38 Å². The molecule has 0 fully saturated rings. The van der Waals surface area contributed by atoms with Crippen molar-refractivity contribution < 1.29 is 0 Å². The first-order chi connectivity index (χ1) is 7.29. The first kappa shape index (κ1) is 9.36. The molecule has 0 bridgehead atoms. The van der Waals surface area contributed by atoms with Crippen LogP contribution in [0.1, 0.15) is 29.6 Å². The molecule has 0 aliphatic heterocycles. The Morgan fingerprint density at radius 1 is 1.67 bits per heavy atom. The topological polar surface area (TPSA) is 43.3 Å². The zero-order chi connectivity index (χ0) is 10.4. The van der Waals surface area contributed by atoms with Crippen LogP contribution in [-0.4, -0.2) is 9.38 Å². The maximum Gasteiger partial charge on any atom is 0.194 e. The van der Waals surface area contributed by atoms with E-state index in [0.29, 0.717) is 6.54 Å². The Kier molecular flexibility index (Phi) is 2.07. The number of aromatic nitrogens is 2. The van der Waals surface area contributed by atoms with Gasteiger partial charge in [0, 0.05) is 17.1 Å². The van der Waals surface area contributed by atoms with Crippen LogP contribution in [0.5, 0.6) is 0 Å². The summed E-state index contributed by atoms with van der Waals surface area (Å²) < 4.78 is 2.27. The second kappa shape index (κ2) is 3.32. The van der Waals surface area contributed by atoms with Crippen molar-refractivity contribution in [1.29, 1.82) is 0 Å². The maximum absolute atomic E-state index is 5.72. The molecule has 0 amide bonds. The molecule has 0 saturated heterocycles. The molecule has 0 aromatic carbocycles. The molecular weight excluding hydrogens is 206 g/mol. The van der Waals surface area contributed by atoms with Gasteiger partial charge < -0.3 is 5.73 Å². The normalized spacial score (nSPS) is 20.8. The fourth-order valence-electron chi connectivity index (χ4n) is 2.38. The number of aryl methyl sites for hydroxylation is 1. The summed E-state index contributed by atoms with van der Waals surface area (Å²) in [6, 6.07) is 0. The second-order valence-electron chi connectivity index (χ2n) is 4.39. The van der Waals surface area contributed by atoms with E-state index in [-0.39, 0.29) is 0 Å². The summed E-state index contributed by atoms with van der Waals surface area (Å²) in [5.74, 6) is 0.821. The highest BCUT2D eigenvalue weighted by molar-refractivity contribution is 7.17. The Labute approximate surface area is 92.9 Å². The highest BCUT2D eigenvalue weighted by Crippen LogP contribution is 2.32. The Morgan fingerprint density at radius 2 is 2.53 bits per heavy atom. The van der Waals surface area contributed by atoms with E-state index >= 15 is 0 Å². The van der Waals surface area contributed by atoms with E-state index in [9.17, 15) is 0 Å². The first-order valence-corrected chi connectivity index (χ1v) is 6.28. The Balaban J connectivity index is 2.21. The molecule has 0 spiro atoms. The largest absolute Gasteiger partial charge is 0.325 e. The molecule has 1 unspecified atom stereocenters. The summed E-state index contributed by atoms with van der Waals surface area (Å²) in [6.07, 6.45) is 5.60. The van der Waals surface area contributed by atoms with Gasteiger partial charge in [0.15, 0.2) is 4.96 Å². The SMILES string of the molecule is CC1CCc2c(sc3ncc(CN)n23)C1. The molecule has 0 radical (unpaired) electrons. The van der Waals surface area contributed by atoms with Crippen molar-refractivity contribution in [2.75, 3.05) is 0 Å². The van der Waals surface area contributed by atoms with Crippen LogP contribution in [-0.2, 0) is 19.4 Å². The zero-order valence-corrected chi connectivity index (χ0v) is 9.68. The molecule has 1 aliphatic carbocycles. The summed E-state index contributed by atoms with van der Waals surface area (Å²) in [5.41, 5.74) is 8.34. The number of fused-ring (bicyclic) bond motifs is 3. The number of imidazole rings is 1. The van der Waals surface area contributed by atoms with Crippen molar-refractivity contribution in [2.24, 2.45) is 11.7 Å². The van der Waals surface area contributed by atoms with Crippen LogP contribution in [0.2, 0.25) is 0 Å². The smallest absolute Gasteiger partial charge is 0.194 e. The quantitative estimate of drug-likeness (QED) is 0.800. The highest BCUT2D eigenvalue weighted by Gasteiger charge is 2.21. The van der Waals surface area contributed by atoms with E-state index in [4.69, 9.17) is 5.73 Å². The second-order valence-corrected chi connectivity index (χ2v) is 5.45. The summed E-state index contributed by atoms with van der Waals surface area (Å²) in [5, 5.41) is 0. The summed E-state index contributed by atoms with van der Waals surface area (Å²) in [4.78, 5) is 7.06. The number of rotatable bonds is 1. The van der Waals surface area contributed by atoms with Crippen LogP contribution in [0, 0.1) is 5.92 Å². The van der Waals surface area contributed by atoms with Gasteiger partial charge in [0.25, 0.3) is 0 Å². The summed E-state index contributed by atoms with van der Waals surface area (Å²) in [7, 11) is 0. The van der Waals surface area contributed by atoms with Gasteiger partial charge in [0.2, 0.25) is 0 Å². The van der Waals surface area contributed by atoms with Crippen molar-refractivity contribution in [3.8, 4) is 0 Å². The average Bonchev–Trinajstić information content (AvgIpc) is 2.74. The van der Waals surface area contributed by atoms with Gasteiger partial charge in [0.1, 0.15) is 0 Å². The highest BCUT2D eigenvalue weighted by atomic mass is 32.1. The molecule has 3 rings (SSSR count). The third-order valence-electron chi connectivity index (χ3n) is 3.23. The maximum atomic E-state index is 5.72. The number of hydrogen-bond donors (Lipinski definition) is 1. The third-order valence-corrected chi connectivity index (χ3v) is 4.34. The van der Waals surface area contributed by atoms with Crippen molar-refractivity contribution in [3.63, 3.8) is 0 Å². The predicted molar refractivity (Wildman–Crippen MR) is 62.1 cm³/mol. The molecule has 0 saturated carbocycles. The summed E-state index contributed by atoms with van der Waals surface area (Å²) in [6.45, 7) is 2.91. The van der Waals surface area contributed by atoms with Crippen LogP contribution in [0.25, 0.3) is 4.96 Å². The van der Waals surface area contributed by atoms with Crippen LogP contribution >= 0.6 is 11.3 Å². The number of thiazole rings is 1. The molecule has 2 heterocycles. The fourth-order valence-corrected chi connectivity index (χ4v) is 3.70. The predicted octanol–water partition coefficient (Wildman–Crippen LogP) is 1.98. The lowest BCUT2D eigenvalue weighted by Gasteiger charge is -2.17. The minimum atomic E-state index is 0.583. The van der Waals surface area contributed by atoms with Gasteiger partial charge in [-0.15, -0.1) is 11.3 Å². The fraction of sp³-hybridized carbons (Fsp3) is 0.545. The van der Waals surface area contributed by atoms with Crippen LogP contribution < -0.4 is 5.73 Å². The van der Waals surface area contributed by atoms with Gasteiger partial charge in [-0.25, -0.2) is 4.98 Å². The lowest BCUT2D eigenvalue weighted by Crippen LogP contribution is -2.12. The molecule has 1 atom stereocenters. The molecule has 2 N–H and O–H groups in total. The van der Waals surface area contributed by atoms with Gasteiger partial charge in [-0.3, -0.25) is 4.40 Å². The number of hydrogen-bond acceptors (Lipinski definition) is 3. The van der Waals surface area contributed by atoms with E-state index in [1.165, 1.54) is 29.8 Å². The molecule has 2 aromatic heterocycles. The monoisotopic (exact) mass is 221 g/mol. The van der Waals surface area contributed by atoms with E-state index < -0.39 is 0 Å². The van der Waals surface area contributed by atoms with Gasteiger partial charge in [-0.1, -0.05) is 6.92 Å². The Bertz CT molecular complexity index is 497. The molecular formula is C11H15N3S. The molecule has 3 nitrogen and oxygen atoms in total. The summed E-state index contributed by atoms with van der Waals surface area (Å²) >= 11 is 1.84. The number of nitrogens with two attached hydrogens (primary N) is 1. The van der Waals surface area contributed by atoms with E-state index in [1.807, 2.05) is 17.5 Å². The minimum Gasteiger partial charge on any atom is -0.325 e. The molecule has 2 aromatic rings. The lowest BCUT2D eigenvalue weighted by atomic mass is 9.93. The molecule has 80 valence electrons. The lowest BCUT2D eigenvalue weighted by molar-refractivity contribution is 0.498.